The lowest BCUT2D eigenvalue weighted by atomic mass is 9.99. The molecule has 2 amide bonds. The van der Waals surface area contributed by atoms with Gasteiger partial charge in [-0.25, -0.2) is 4.90 Å². The monoisotopic (exact) mass is 421 g/mol. The SMILES string of the molecule is Cc1ccc(C2=C(SCCO)C(=O)N(c3ccc(Cl)c(Cl)c3)C2=O)c(C)c1. The second-order valence-corrected chi connectivity index (χ2v) is 8.06. The van der Waals surface area contributed by atoms with Crippen LogP contribution in [0.15, 0.2) is 41.3 Å². The summed E-state index contributed by atoms with van der Waals surface area (Å²) in [6, 6.07) is 10.4. The van der Waals surface area contributed by atoms with Crippen molar-refractivity contribution in [2.24, 2.45) is 0 Å². The third-order valence-electron chi connectivity index (χ3n) is 4.19. The lowest BCUT2D eigenvalue weighted by molar-refractivity contribution is -0.119. The normalized spacial score (nSPS) is 14.5. The van der Waals surface area contributed by atoms with Gasteiger partial charge in [0.25, 0.3) is 11.8 Å². The molecular weight excluding hydrogens is 405 g/mol. The highest BCUT2D eigenvalue weighted by atomic mass is 35.5. The summed E-state index contributed by atoms with van der Waals surface area (Å²) in [6.07, 6.45) is 0. The Kier molecular flexibility index (Phi) is 5.96. The zero-order chi connectivity index (χ0) is 19.7. The minimum Gasteiger partial charge on any atom is -0.396 e. The Hall–Kier alpha value is -1.79. The Morgan fingerprint density at radius 2 is 1.74 bits per heavy atom. The van der Waals surface area contributed by atoms with E-state index >= 15 is 0 Å². The van der Waals surface area contributed by atoms with Gasteiger partial charge in [-0.15, -0.1) is 11.8 Å². The summed E-state index contributed by atoms with van der Waals surface area (Å²) in [5.41, 5.74) is 3.40. The molecule has 1 aliphatic rings. The van der Waals surface area contributed by atoms with Crippen molar-refractivity contribution in [3.8, 4) is 0 Å². The molecule has 2 aromatic carbocycles. The minimum atomic E-state index is -0.424. The number of hydrogen-bond acceptors (Lipinski definition) is 4. The maximum atomic E-state index is 13.2. The summed E-state index contributed by atoms with van der Waals surface area (Å²) in [4.78, 5) is 27.7. The van der Waals surface area contributed by atoms with E-state index in [0.717, 1.165) is 16.0 Å². The van der Waals surface area contributed by atoms with E-state index in [9.17, 15) is 14.7 Å². The fourth-order valence-corrected chi connectivity index (χ4v) is 4.13. The Labute approximate surface area is 171 Å². The number of hydrogen-bond donors (Lipinski definition) is 1. The first-order chi connectivity index (χ1) is 12.8. The summed E-state index contributed by atoms with van der Waals surface area (Å²) in [6.45, 7) is 3.78. The molecule has 2 aromatic rings. The number of rotatable bonds is 5. The molecule has 140 valence electrons. The van der Waals surface area contributed by atoms with Crippen molar-refractivity contribution in [1.82, 2.24) is 0 Å². The fourth-order valence-electron chi connectivity index (χ4n) is 2.98. The molecular formula is C20H17Cl2NO3S. The quantitative estimate of drug-likeness (QED) is 0.715. The van der Waals surface area contributed by atoms with Crippen molar-refractivity contribution in [1.29, 1.82) is 0 Å². The fraction of sp³-hybridized carbons (Fsp3) is 0.200. The molecule has 27 heavy (non-hydrogen) atoms. The number of benzene rings is 2. The van der Waals surface area contributed by atoms with Gasteiger partial charge in [0.05, 0.1) is 32.8 Å². The molecule has 0 saturated heterocycles. The summed E-state index contributed by atoms with van der Waals surface area (Å²) in [5, 5.41) is 9.80. The molecule has 4 nitrogen and oxygen atoms in total. The maximum Gasteiger partial charge on any atom is 0.272 e. The van der Waals surface area contributed by atoms with E-state index in [1.165, 1.54) is 17.8 Å². The summed E-state index contributed by atoms with van der Waals surface area (Å²) < 4.78 is 0. The Balaban J connectivity index is 2.12. The predicted octanol–water partition coefficient (Wildman–Crippen LogP) is 4.62. The van der Waals surface area contributed by atoms with E-state index in [1.807, 2.05) is 32.0 Å². The molecule has 1 aliphatic heterocycles. The average molecular weight is 422 g/mol. The molecule has 7 heteroatoms. The molecule has 0 atom stereocenters. The second-order valence-electron chi connectivity index (χ2n) is 6.14. The van der Waals surface area contributed by atoms with E-state index < -0.39 is 11.8 Å². The number of amides is 2. The number of imide groups is 1. The number of aryl methyl sites for hydroxylation is 2. The number of halogens is 2. The number of carbonyl (C=O) groups excluding carboxylic acids is 2. The van der Waals surface area contributed by atoms with Gasteiger partial charge in [-0.05, 0) is 43.2 Å². The van der Waals surface area contributed by atoms with Crippen LogP contribution < -0.4 is 4.90 Å². The topological polar surface area (TPSA) is 57.6 Å². The highest BCUT2D eigenvalue weighted by molar-refractivity contribution is 8.04. The van der Waals surface area contributed by atoms with E-state index in [2.05, 4.69) is 0 Å². The van der Waals surface area contributed by atoms with Crippen LogP contribution >= 0.6 is 35.0 Å². The highest BCUT2D eigenvalue weighted by Gasteiger charge is 2.40. The maximum absolute atomic E-state index is 13.2. The lowest BCUT2D eigenvalue weighted by Gasteiger charge is -2.16. The molecule has 1 heterocycles. The first-order valence-corrected chi connectivity index (χ1v) is 9.98. The third-order valence-corrected chi connectivity index (χ3v) is 5.98. The molecule has 0 unspecified atom stereocenters. The van der Waals surface area contributed by atoms with E-state index in [4.69, 9.17) is 23.2 Å². The number of thioether (sulfide) groups is 1. The average Bonchev–Trinajstić information content (AvgIpc) is 2.86. The number of carbonyl (C=O) groups is 2. The van der Waals surface area contributed by atoms with Crippen molar-refractivity contribution in [2.75, 3.05) is 17.3 Å². The molecule has 0 aromatic heterocycles. The van der Waals surface area contributed by atoms with Crippen LogP contribution in [0.25, 0.3) is 5.57 Å². The Bertz CT molecular complexity index is 972. The zero-order valence-corrected chi connectivity index (χ0v) is 17.1. The standard InChI is InChI=1S/C20H17Cl2NO3S/c1-11-3-5-14(12(2)9-11)17-18(27-8-7-24)20(26)23(19(17)25)13-4-6-15(21)16(22)10-13/h3-6,9-10,24H,7-8H2,1-2H3. The lowest BCUT2D eigenvalue weighted by Crippen LogP contribution is -2.31. The van der Waals surface area contributed by atoms with Crippen LogP contribution in [0.3, 0.4) is 0 Å². The smallest absolute Gasteiger partial charge is 0.272 e. The minimum absolute atomic E-state index is 0.0947. The number of anilines is 1. The van der Waals surface area contributed by atoms with Gasteiger partial charge in [0.2, 0.25) is 0 Å². The van der Waals surface area contributed by atoms with Gasteiger partial charge in [0, 0.05) is 5.75 Å². The second kappa shape index (κ2) is 8.07. The third kappa shape index (κ3) is 3.78. The van der Waals surface area contributed by atoms with Crippen molar-refractivity contribution in [2.45, 2.75) is 13.8 Å². The van der Waals surface area contributed by atoms with E-state index in [-0.39, 0.29) is 11.6 Å². The van der Waals surface area contributed by atoms with Crippen molar-refractivity contribution >= 4 is 58.0 Å². The molecule has 0 bridgehead atoms. The largest absolute Gasteiger partial charge is 0.396 e. The van der Waals surface area contributed by atoms with Crippen LogP contribution in [0.5, 0.6) is 0 Å². The molecule has 0 fully saturated rings. The van der Waals surface area contributed by atoms with Crippen molar-refractivity contribution < 1.29 is 14.7 Å². The Morgan fingerprint density at radius 1 is 1.00 bits per heavy atom. The molecule has 3 rings (SSSR count). The number of aliphatic hydroxyl groups is 1. The van der Waals surface area contributed by atoms with Crippen molar-refractivity contribution in [3.05, 3.63) is 68.0 Å². The van der Waals surface area contributed by atoms with Crippen molar-refractivity contribution in [3.63, 3.8) is 0 Å². The van der Waals surface area contributed by atoms with E-state index in [1.54, 1.807) is 12.1 Å². The summed E-state index contributed by atoms with van der Waals surface area (Å²) in [5.74, 6) is -0.518. The van der Waals surface area contributed by atoms with Crippen LogP contribution in [0.1, 0.15) is 16.7 Å². The van der Waals surface area contributed by atoms with Crippen LogP contribution in [0.2, 0.25) is 10.0 Å². The van der Waals surface area contributed by atoms with Gasteiger partial charge in [-0.2, -0.15) is 0 Å². The van der Waals surface area contributed by atoms with Gasteiger partial charge < -0.3 is 5.11 Å². The summed E-state index contributed by atoms with van der Waals surface area (Å²) >= 11 is 13.2. The van der Waals surface area contributed by atoms with Gasteiger partial charge in [0.15, 0.2) is 0 Å². The van der Waals surface area contributed by atoms with Crippen LogP contribution in [0.4, 0.5) is 5.69 Å². The summed E-state index contributed by atoms with van der Waals surface area (Å²) in [7, 11) is 0. The first kappa shape index (κ1) is 20.0. The molecule has 0 spiro atoms. The predicted molar refractivity (Wildman–Crippen MR) is 111 cm³/mol. The van der Waals surface area contributed by atoms with Gasteiger partial charge >= 0.3 is 0 Å². The van der Waals surface area contributed by atoms with Crippen LogP contribution in [0, 0.1) is 13.8 Å². The number of nitrogens with zero attached hydrogens (tertiary/aromatic N) is 1. The van der Waals surface area contributed by atoms with Crippen LogP contribution in [-0.4, -0.2) is 29.3 Å². The van der Waals surface area contributed by atoms with Gasteiger partial charge in [0.1, 0.15) is 0 Å². The molecule has 0 radical (unpaired) electrons. The van der Waals surface area contributed by atoms with E-state index in [0.29, 0.717) is 32.5 Å². The number of aliphatic hydroxyl groups excluding tert-OH is 1. The van der Waals surface area contributed by atoms with Crippen LogP contribution in [-0.2, 0) is 9.59 Å². The molecule has 0 aliphatic carbocycles. The zero-order valence-electron chi connectivity index (χ0n) is 14.8. The first-order valence-electron chi connectivity index (χ1n) is 8.24. The molecule has 0 saturated carbocycles. The van der Waals surface area contributed by atoms with Gasteiger partial charge in [-0.3, -0.25) is 9.59 Å². The molecule has 1 N–H and O–H groups in total. The highest BCUT2D eigenvalue weighted by Crippen LogP contribution is 2.40. The van der Waals surface area contributed by atoms with Gasteiger partial charge in [-0.1, -0.05) is 47.0 Å². The Morgan fingerprint density at radius 3 is 2.37 bits per heavy atom.